The van der Waals surface area contributed by atoms with Gasteiger partial charge in [0, 0.05) is 18.5 Å². The molecule has 0 aliphatic rings. The van der Waals surface area contributed by atoms with E-state index in [-0.39, 0.29) is 5.91 Å². The Hall–Kier alpha value is -1.53. The fourth-order valence-electron chi connectivity index (χ4n) is 1.39. The van der Waals surface area contributed by atoms with Crippen LogP contribution in [-0.2, 0) is 4.79 Å². The molecule has 0 saturated heterocycles. The molecule has 0 heterocycles. The summed E-state index contributed by atoms with van der Waals surface area (Å²) in [7, 11) is 1.56. The lowest BCUT2D eigenvalue weighted by Crippen LogP contribution is -2.19. The molecule has 0 aliphatic heterocycles. The molecule has 0 atom stereocenters. The molecule has 0 radical (unpaired) electrons. The third-order valence-electron chi connectivity index (χ3n) is 2.36. The maximum absolute atomic E-state index is 11.6. The third kappa shape index (κ3) is 4.92. The quantitative estimate of drug-likeness (QED) is 0.527. The molecule has 0 spiro atoms. The van der Waals surface area contributed by atoms with Gasteiger partial charge in [0.15, 0.2) is 0 Å². The highest BCUT2D eigenvalue weighted by atomic mass is 32.2. The molecule has 1 rings (SSSR count). The van der Waals surface area contributed by atoms with Crippen molar-refractivity contribution in [1.82, 2.24) is 10.0 Å². The SMILES string of the molecule is CNC(=O)c1ccc(SNCC(C)C)cc1NC=O. The summed E-state index contributed by atoms with van der Waals surface area (Å²) in [6.07, 6.45) is 0.567. The Balaban J connectivity index is 2.83. The zero-order valence-corrected chi connectivity index (χ0v) is 12.1. The van der Waals surface area contributed by atoms with Gasteiger partial charge in [-0.05, 0) is 36.1 Å². The van der Waals surface area contributed by atoms with E-state index in [1.807, 2.05) is 6.07 Å². The van der Waals surface area contributed by atoms with Crippen molar-refractivity contribution in [3.05, 3.63) is 23.8 Å². The Morgan fingerprint density at radius 1 is 1.42 bits per heavy atom. The first-order valence-corrected chi connectivity index (χ1v) is 6.86. The second-order valence-corrected chi connectivity index (χ2v) is 5.36. The average molecular weight is 281 g/mol. The Morgan fingerprint density at radius 2 is 2.16 bits per heavy atom. The van der Waals surface area contributed by atoms with E-state index in [2.05, 4.69) is 29.2 Å². The summed E-state index contributed by atoms with van der Waals surface area (Å²) in [5, 5.41) is 5.09. The number of rotatable bonds is 7. The van der Waals surface area contributed by atoms with E-state index >= 15 is 0 Å². The molecule has 1 aromatic rings. The minimum Gasteiger partial charge on any atom is -0.355 e. The van der Waals surface area contributed by atoms with Crippen LogP contribution in [0.4, 0.5) is 5.69 Å². The van der Waals surface area contributed by atoms with Crippen LogP contribution in [0, 0.1) is 5.92 Å². The number of anilines is 1. The summed E-state index contributed by atoms with van der Waals surface area (Å²) in [4.78, 5) is 23.2. The first-order valence-electron chi connectivity index (χ1n) is 6.04. The van der Waals surface area contributed by atoms with E-state index in [0.29, 0.717) is 23.6 Å². The summed E-state index contributed by atoms with van der Waals surface area (Å²) >= 11 is 1.48. The normalized spacial score (nSPS) is 10.3. The standard InChI is InChI=1S/C13H19N3O2S/c1-9(2)7-16-19-10-4-5-11(13(18)14-3)12(6-10)15-8-17/h4-6,8-9,16H,7H2,1-3H3,(H,14,18)(H,15,17). The lowest BCUT2D eigenvalue weighted by molar-refractivity contribution is -0.105. The van der Waals surface area contributed by atoms with E-state index in [0.717, 1.165) is 11.4 Å². The minimum atomic E-state index is -0.226. The highest BCUT2D eigenvalue weighted by Gasteiger charge is 2.10. The molecule has 0 unspecified atom stereocenters. The van der Waals surface area contributed by atoms with Gasteiger partial charge in [0.05, 0.1) is 11.3 Å². The fraction of sp³-hybridized carbons (Fsp3) is 0.385. The molecule has 0 saturated carbocycles. The van der Waals surface area contributed by atoms with Gasteiger partial charge in [-0.2, -0.15) is 0 Å². The molecule has 0 bridgehead atoms. The van der Waals surface area contributed by atoms with E-state index in [1.165, 1.54) is 11.9 Å². The maximum Gasteiger partial charge on any atom is 0.253 e. The fourth-order valence-corrected chi connectivity index (χ4v) is 2.29. The summed E-state index contributed by atoms with van der Waals surface area (Å²) in [6, 6.07) is 5.32. The lowest BCUT2D eigenvalue weighted by Gasteiger charge is -2.11. The van der Waals surface area contributed by atoms with Crippen LogP contribution in [0.2, 0.25) is 0 Å². The van der Waals surface area contributed by atoms with Gasteiger partial charge in [-0.15, -0.1) is 0 Å². The number of benzene rings is 1. The molecule has 6 heteroatoms. The van der Waals surface area contributed by atoms with Gasteiger partial charge in [0.1, 0.15) is 0 Å². The predicted octanol–water partition coefficient (Wildman–Crippen LogP) is 1.87. The number of amides is 2. The molecule has 104 valence electrons. The minimum absolute atomic E-state index is 0.226. The van der Waals surface area contributed by atoms with Crippen LogP contribution < -0.4 is 15.4 Å². The Kier molecular flexibility index (Phi) is 6.38. The molecule has 2 amide bonds. The molecule has 0 aromatic heterocycles. The first kappa shape index (κ1) is 15.5. The van der Waals surface area contributed by atoms with E-state index in [9.17, 15) is 9.59 Å². The Morgan fingerprint density at radius 3 is 2.74 bits per heavy atom. The van der Waals surface area contributed by atoms with Crippen molar-refractivity contribution in [1.29, 1.82) is 0 Å². The van der Waals surface area contributed by atoms with E-state index in [1.54, 1.807) is 19.2 Å². The van der Waals surface area contributed by atoms with Gasteiger partial charge < -0.3 is 10.6 Å². The Bertz CT molecular complexity index is 450. The lowest BCUT2D eigenvalue weighted by atomic mass is 10.1. The number of carbonyl (C=O) groups is 2. The second kappa shape index (κ2) is 7.81. The van der Waals surface area contributed by atoms with Crippen LogP contribution in [0.5, 0.6) is 0 Å². The second-order valence-electron chi connectivity index (χ2n) is 4.39. The zero-order valence-electron chi connectivity index (χ0n) is 11.3. The molecular weight excluding hydrogens is 262 g/mol. The summed E-state index contributed by atoms with van der Waals surface area (Å²) < 4.78 is 3.23. The number of hydrogen-bond donors (Lipinski definition) is 3. The highest BCUT2D eigenvalue weighted by Crippen LogP contribution is 2.23. The number of nitrogens with one attached hydrogen (secondary N) is 3. The molecule has 0 fully saturated rings. The topological polar surface area (TPSA) is 70.2 Å². The zero-order chi connectivity index (χ0) is 14.3. The van der Waals surface area contributed by atoms with E-state index in [4.69, 9.17) is 0 Å². The predicted molar refractivity (Wildman–Crippen MR) is 78.2 cm³/mol. The maximum atomic E-state index is 11.6. The van der Waals surface area contributed by atoms with Crippen LogP contribution in [-0.4, -0.2) is 25.9 Å². The van der Waals surface area contributed by atoms with Crippen molar-refractivity contribution in [2.75, 3.05) is 18.9 Å². The summed E-state index contributed by atoms with van der Waals surface area (Å²) in [5.41, 5.74) is 0.952. The monoisotopic (exact) mass is 281 g/mol. The van der Waals surface area contributed by atoms with Crippen LogP contribution >= 0.6 is 11.9 Å². The molecular formula is C13H19N3O2S. The van der Waals surface area contributed by atoms with Crippen molar-refractivity contribution in [2.24, 2.45) is 5.92 Å². The van der Waals surface area contributed by atoms with Crippen LogP contribution in [0.25, 0.3) is 0 Å². The van der Waals surface area contributed by atoms with Crippen LogP contribution in [0.1, 0.15) is 24.2 Å². The first-order chi connectivity index (χ1) is 9.08. The van der Waals surface area contributed by atoms with Gasteiger partial charge in [-0.25, -0.2) is 0 Å². The van der Waals surface area contributed by atoms with Crippen LogP contribution in [0.15, 0.2) is 23.1 Å². The molecule has 1 aromatic carbocycles. The van der Waals surface area contributed by atoms with Gasteiger partial charge in [0.25, 0.3) is 5.91 Å². The van der Waals surface area contributed by atoms with Crippen molar-refractivity contribution in [2.45, 2.75) is 18.7 Å². The van der Waals surface area contributed by atoms with Crippen molar-refractivity contribution >= 4 is 30.0 Å². The summed E-state index contributed by atoms with van der Waals surface area (Å²) in [6.45, 7) is 5.14. The van der Waals surface area contributed by atoms with Crippen molar-refractivity contribution in [3.8, 4) is 0 Å². The van der Waals surface area contributed by atoms with Gasteiger partial charge in [-0.1, -0.05) is 13.8 Å². The number of hydrogen-bond acceptors (Lipinski definition) is 4. The van der Waals surface area contributed by atoms with E-state index < -0.39 is 0 Å². The van der Waals surface area contributed by atoms with Crippen molar-refractivity contribution in [3.63, 3.8) is 0 Å². The molecule has 0 aliphatic carbocycles. The molecule has 5 nitrogen and oxygen atoms in total. The van der Waals surface area contributed by atoms with Gasteiger partial charge in [0.2, 0.25) is 6.41 Å². The smallest absolute Gasteiger partial charge is 0.253 e. The van der Waals surface area contributed by atoms with Crippen LogP contribution in [0.3, 0.4) is 0 Å². The van der Waals surface area contributed by atoms with Gasteiger partial charge in [-0.3, -0.25) is 14.3 Å². The average Bonchev–Trinajstić information content (AvgIpc) is 2.38. The number of carbonyl (C=O) groups excluding carboxylic acids is 2. The Labute approximate surface area is 117 Å². The highest BCUT2D eigenvalue weighted by molar-refractivity contribution is 7.97. The molecule has 19 heavy (non-hydrogen) atoms. The molecule has 3 N–H and O–H groups in total. The largest absolute Gasteiger partial charge is 0.355 e. The van der Waals surface area contributed by atoms with Crippen molar-refractivity contribution < 1.29 is 9.59 Å². The third-order valence-corrected chi connectivity index (χ3v) is 3.16. The summed E-state index contributed by atoms with van der Waals surface area (Å²) in [5.74, 6) is 0.334. The van der Waals surface area contributed by atoms with Gasteiger partial charge >= 0.3 is 0 Å².